The van der Waals surface area contributed by atoms with Gasteiger partial charge in [-0.05, 0) is 50.6 Å². The van der Waals surface area contributed by atoms with E-state index in [0.717, 1.165) is 0 Å². The molecule has 0 saturated heterocycles. The molecule has 0 aromatic heterocycles. The van der Waals surface area contributed by atoms with Crippen LogP contribution in [0.2, 0.25) is 0 Å². The van der Waals surface area contributed by atoms with Crippen molar-refractivity contribution in [3.05, 3.63) is 53.1 Å². The first kappa shape index (κ1) is 19.4. The zero-order valence-corrected chi connectivity index (χ0v) is 15.3. The Hall–Kier alpha value is -2.89. The molecule has 6 heteroatoms. The predicted octanol–water partition coefficient (Wildman–Crippen LogP) is 3.32. The van der Waals surface area contributed by atoms with Gasteiger partial charge in [0.25, 0.3) is 0 Å². The SMILES string of the molecule is C=C(C)[C@H]1Oc2ccc(C(C)=O)cc2[C@@H]1OC(=O)/C(C)=C\COC(C)=O. The number of ether oxygens (including phenoxy) is 3. The normalized spacial score (nSPS) is 18.5. The molecule has 0 radical (unpaired) electrons. The Kier molecular flexibility index (Phi) is 5.97. The summed E-state index contributed by atoms with van der Waals surface area (Å²) in [5.74, 6) is -0.519. The number of Topliss-reactive ketones (excluding diaryl/α,β-unsaturated/α-hetero) is 1. The Balaban J connectivity index is 2.24. The van der Waals surface area contributed by atoms with E-state index in [4.69, 9.17) is 14.2 Å². The second kappa shape index (κ2) is 7.99. The van der Waals surface area contributed by atoms with E-state index in [1.54, 1.807) is 32.0 Å². The molecule has 1 aromatic carbocycles. The summed E-state index contributed by atoms with van der Waals surface area (Å²) in [6.45, 7) is 10.0. The number of fused-ring (bicyclic) bond motifs is 1. The van der Waals surface area contributed by atoms with Crippen LogP contribution in [0.1, 0.15) is 49.7 Å². The Labute approximate surface area is 152 Å². The molecule has 1 aliphatic heterocycles. The van der Waals surface area contributed by atoms with E-state index < -0.39 is 24.1 Å². The molecule has 0 N–H and O–H groups in total. The van der Waals surface area contributed by atoms with E-state index in [-0.39, 0.29) is 12.4 Å². The first-order chi connectivity index (χ1) is 12.2. The highest BCUT2D eigenvalue weighted by Gasteiger charge is 2.38. The molecule has 1 aliphatic rings. The van der Waals surface area contributed by atoms with Gasteiger partial charge >= 0.3 is 11.9 Å². The summed E-state index contributed by atoms with van der Waals surface area (Å²) in [4.78, 5) is 34.8. The third kappa shape index (κ3) is 4.39. The third-order valence-electron chi connectivity index (χ3n) is 3.97. The standard InChI is InChI=1S/C20H22O6/c1-11(2)18-19(26-20(23)12(3)8-9-24-14(5)22)16-10-15(13(4)21)6-7-17(16)25-18/h6-8,10,18-19H,1,9H2,2-5H3/b12-8-/t18-,19+/m1/s1. The fourth-order valence-electron chi connectivity index (χ4n) is 2.52. The molecule has 0 saturated carbocycles. The minimum atomic E-state index is -0.702. The van der Waals surface area contributed by atoms with E-state index in [0.29, 0.717) is 28.0 Å². The Bertz CT molecular complexity index is 789. The fraction of sp³-hybridized carbons (Fsp3) is 0.350. The van der Waals surface area contributed by atoms with Crippen LogP contribution < -0.4 is 4.74 Å². The number of ketones is 1. The van der Waals surface area contributed by atoms with Gasteiger partial charge in [-0.3, -0.25) is 9.59 Å². The molecule has 2 atom stereocenters. The second-order valence-electron chi connectivity index (χ2n) is 6.21. The number of hydrogen-bond acceptors (Lipinski definition) is 6. The van der Waals surface area contributed by atoms with Crippen molar-refractivity contribution in [3.63, 3.8) is 0 Å². The fourth-order valence-corrected chi connectivity index (χ4v) is 2.52. The zero-order valence-electron chi connectivity index (χ0n) is 15.3. The summed E-state index contributed by atoms with van der Waals surface area (Å²) in [5, 5.41) is 0. The molecule has 0 amide bonds. The largest absolute Gasteiger partial charge is 0.481 e. The van der Waals surface area contributed by atoms with E-state index in [1.165, 1.54) is 19.9 Å². The molecular formula is C20H22O6. The molecule has 138 valence electrons. The van der Waals surface area contributed by atoms with Gasteiger partial charge < -0.3 is 14.2 Å². The molecule has 6 nitrogen and oxygen atoms in total. The monoisotopic (exact) mass is 358 g/mol. The number of carbonyl (C=O) groups is 3. The molecular weight excluding hydrogens is 336 g/mol. The summed E-state index contributed by atoms with van der Waals surface area (Å²) in [5.41, 5.74) is 2.15. The zero-order chi connectivity index (χ0) is 19.4. The Morgan fingerprint density at radius 2 is 1.88 bits per heavy atom. The molecule has 0 bridgehead atoms. The number of benzene rings is 1. The van der Waals surface area contributed by atoms with Crippen LogP contribution in [0.3, 0.4) is 0 Å². The molecule has 26 heavy (non-hydrogen) atoms. The summed E-state index contributed by atoms with van der Waals surface area (Å²) < 4.78 is 16.2. The number of hydrogen-bond donors (Lipinski definition) is 0. The number of esters is 2. The first-order valence-corrected chi connectivity index (χ1v) is 8.18. The average Bonchev–Trinajstić information content (AvgIpc) is 2.92. The molecule has 0 spiro atoms. The molecule has 0 aliphatic carbocycles. The minimum Gasteiger partial charge on any atom is -0.481 e. The quantitative estimate of drug-likeness (QED) is 0.336. The van der Waals surface area contributed by atoms with Crippen LogP contribution in [-0.4, -0.2) is 30.4 Å². The van der Waals surface area contributed by atoms with Gasteiger partial charge in [0.1, 0.15) is 12.4 Å². The van der Waals surface area contributed by atoms with E-state index >= 15 is 0 Å². The predicted molar refractivity (Wildman–Crippen MR) is 94.9 cm³/mol. The lowest BCUT2D eigenvalue weighted by Crippen LogP contribution is -2.24. The summed E-state index contributed by atoms with van der Waals surface area (Å²) in [6.07, 6.45) is 0.242. The maximum Gasteiger partial charge on any atom is 0.334 e. The van der Waals surface area contributed by atoms with Crippen molar-refractivity contribution in [1.82, 2.24) is 0 Å². The minimum absolute atomic E-state index is 0.00752. The average molecular weight is 358 g/mol. The third-order valence-corrected chi connectivity index (χ3v) is 3.97. The second-order valence-corrected chi connectivity index (χ2v) is 6.21. The van der Waals surface area contributed by atoms with E-state index in [1.807, 2.05) is 0 Å². The van der Waals surface area contributed by atoms with Gasteiger partial charge in [-0.15, -0.1) is 0 Å². The number of carbonyl (C=O) groups excluding carboxylic acids is 3. The van der Waals surface area contributed by atoms with Crippen molar-refractivity contribution in [2.75, 3.05) is 6.61 Å². The Morgan fingerprint density at radius 1 is 1.19 bits per heavy atom. The summed E-state index contributed by atoms with van der Waals surface area (Å²) >= 11 is 0. The van der Waals surface area contributed by atoms with Crippen LogP contribution in [0.5, 0.6) is 5.75 Å². The van der Waals surface area contributed by atoms with Crippen LogP contribution in [0, 0.1) is 0 Å². The van der Waals surface area contributed by atoms with Crippen molar-refractivity contribution >= 4 is 17.7 Å². The maximum absolute atomic E-state index is 12.4. The maximum atomic E-state index is 12.4. The van der Waals surface area contributed by atoms with E-state index in [9.17, 15) is 14.4 Å². The van der Waals surface area contributed by atoms with Crippen molar-refractivity contribution in [3.8, 4) is 5.75 Å². The first-order valence-electron chi connectivity index (χ1n) is 8.18. The summed E-state index contributed by atoms with van der Waals surface area (Å²) in [6, 6.07) is 5.04. The van der Waals surface area contributed by atoms with Gasteiger partial charge in [-0.2, -0.15) is 0 Å². The van der Waals surface area contributed by atoms with Gasteiger partial charge in [0.15, 0.2) is 18.0 Å². The topological polar surface area (TPSA) is 78.9 Å². The molecule has 1 heterocycles. The van der Waals surface area contributed by atoms with Crippen molar-refractivity contribution < 1.29 is 28.6 Å². The highest BCUT2D eigenvalue weighted by Crippen LogP contribution is 2.42. The molecule has 0 unspecified atom stereocenters. The van der Waals surface area contributed by atoms with Gasteiger partial charge in [0.2, 0.25) is 0 Å². The van der Waals surface area contributed by atoms with Crippen molar-refractivity contribution in [2.45, 2.75) is 39.9 Å². The number of rotatable bonds is 6. The van der Waals surface area contributed by atoms with Crippen LogP contribution in [0.25, 0.3) is 0 Å². The summed E-state index contributed by atoms with van der Waals surface area (Å²) in [7, 11) is 0. The Morgan fingerprint density at radius 3 is 2.46 bits per heavy atom. The van der Waals surface area contributed by atoms with Crippen LogP contribution in [-0.2, 0) is 19.1 Å². The van der Waals surface area contributed by atoms with Crippen molar-refractivity contribution in [1.29, 1.82) is 0 Å². The van der Waals surface area contributed by atoms with Crippen LogP contribution >= 0.6 is 0 Å². The van der Waals surface area contributed by atoms with E-state index in [2.05, 4.69) is 6.58 Å². The highest BCUT2D eigenvalue weighted by atomic mass is 16.6. The lowest BCUT2D eigenvalue weighted by atomic mass is 9.99. The van der Waals surface area contributed by atoms with Crippen LogP contribution in [0.4, 0.5) is 0 Å². The molecule has 0 fully saturated rings. The lowest BCUT2D eigenvalue weighted by molar-refractivity contribution is -0.147. The highest BCUT2D eigenvalue weighted by molar-refractivity contribution is 5.94. The van der Waals surface area contributed by atoms with Crippen LogP contribution in [0.15, 0.2) is 42.0 Å². The van der Waals surface area contributed by atoms with Gasteiger partial charge in [-0.25, -0.2) is 4.79 Å². The van der Waals surface area contributed by atoms with Gasteiger partial charge in [0.05, 0.1) is 0 Å². The molecule has 2 rings (SSSR count). The van der Waals surface area contributed by atoms with Crippen molar-refractivity contribution in [2.24, 2.45) is 0 Å². The van der Waals surface area contributed by atoms with Gasteiger partial charge in [-0.1, -0.05) is 6.58 Å². The van der Waals surface area contributed by atoms with Gasteiger partial charge in [0, 0.05) is 23.6 Å². The molecule has 1 aromatic rings. The smallest absolute Gasteiger partial charge is 0.334 e. The lowest BCUT2D eigenvalue weighted by Gasteiger charge is -2.20.